The van der Waals surface area contributed by atoms with Gasteiger partial charge >= 0.3 is 5.97 Å². The molecule has 1 aromatic carbocycles. The molecule has 1 aliphatic rings. The first-order valence-corrected chi connectivity index (χ1v) is 8.23. The number of carboxylic acids is 1. The molecule has 0 aliphatic carbocycles. The van der Waals surface area contributed by atoms with Crippen LogP contribution < -0.4 is 4.90 Å². The third-order valence-corrected chi connectivity index (χ3v) is 4.89. The second-order valence-electron chi connectivity index (χ2n) is 5.34. The van der Waals surface area contributed by atoms with Crippen molar-refractivity contribution in [1.82, 2.24) is 4.98 Å². The van der Waals surface area contributed by atoms with Crippen LogP contribution in [-0.4, -0.2) is 40.2 Å². The molecule has 0 bridgehead atoms. The second kappa shape index (κ2) is 5.93. The van der Waals surface area contributed by atoms with Gasteiger partial charge in [-0.05, 0) is 24.6 Å². The second-order valence-corrected chi connectivity index (χ2v) is 6.49. The zero-order valence-corrected chi connectivity index (χ0v) is 12.8. The first-order valence-electron chi connectivity index (χ1n) is 7.08. The van der Waals surface area contributed by atoms with Crippen molar-refractivity contribution in [3.8, 4) is 0 Å². The van der Waals surface area contributed by atoms with E-state index in [2.05, 4.69) is 17.0 Å². The summed E-state index contributed by atoms with van der Waals surface area (Å²) in [7, 11) is 0. The summed E-state index contributed by atoms with van der Waals surface area (Å²) in [5.74, 6) is 2.05. The van der Waals surface area contributed by atoms with Crippen LogP contribution in [0.5, 0.6) is 0 Å². The monoisotopic (exact) mass is 302 g/mol. The first kappa shape index (κ1) is 14.2. The number of fused-ring (bicyclic) bond motifs is 1. The zero-order chi connectivity index (χ0) is 14.8. The van der Waals surface area contributed by atoms with Crippen LogP contribution in [0.2, 0.25) is 0 Å². The molecule has 1 fully saturated rings. The Balaban J connectivity index is 2.00. The molecule has 1 aliphatic heterocycles. The Morgan fingerprint density at radius 2 is 2.29 bits per heavy atom. The van der Waals surface area contributed by atoms with Crippen LogP contribution in [0.3, 0.4) is 0 Å². The van der Waals surface area contributed by atoms with Crippen LogP contribution in [0, 0.1) is 6.92 Å². The molecule has 3 rings (SSSR count). The van der Waals surface area contributed by atoms with Gasteiger partial charge < -0.3 is 10.0 Å². The van der Waals surface area contributed by atoms with E-state index in [1.807, 2.05) is 36.9 Å². The van der Waals surface area contributed by atoms with E-state index in [0.29, 0.717) is 0 Å². The molecule has 1 aromatic heterocycles. The van der Waals surface area contributed by atoms with Crippen molar-refractivity contribution in [2.24, 2.45) is 0 Å². The number of anilines is 1. The van der Waals surface area contributed by atoms with Crippen LogP contribution in [0.25, 0.3) is 10.9 Å². The Labute approximate surface area is 128 Å². The normalized spacial score (nSPS) is 18.9. The van der Waals surface area contributed by atoms with E-state index < -0.39 is 5.97 Å². The molecule has 1 saturated heterocycles. The summed E-state index contributed by atoms with van der Waals surface area (Å²) in [5, 5.41) is 10.2. The van der Waals surface area contributed by atoms with E-state index in [9.17, 15) is 4.79 Å². The van der Waals surface area contributed by atoms with Gasteiger partial charge in [-0.25, -0.2) is 4.98 Å². The smallest absolute Gasteiger partial charge is 0.305 e. The van der Waals surface area contributed by atoms with E-state index >= 15 is 0 Å². The number of carboxylic acid groups (broad SMARTS) is 1. The van der Waals surface area contributed by atoms with Crippen LogP contribution in [0.4, 0.5) is 5.82 Å². The first-order chi connectivity index (χ1) is 10.1. The third kappa shape index (κ3) is 2.97. The maximum atomic E-state index is 11.1. The van der Waals surface area contributed by atoms with Gasteiger partial charge in [0.05, 0.1) is 11.9 Å². The number of hydrogen-bond acceptors (Lipinski definition) is 4. The molecule has 1 atom stereocenters. The summed E-state index contributed by atoms with van der Waals surface area (Å²) in [6, 6.07) is 10.2. The molecule has 21 heavy (non-hydrogen) atoms. The molecule has 1 N–H and O–H groups in total. The van der Waals surface area contributed by atoms with E-state index in [4.69, 9.17) is 10.1 Å². The predicted molar refractivity (Wildman–Crippen MR) is 87.2 cm³/mol. The van der Waals surface area contributed by atoms with E-state index in [0.717, 1.165) is 40.3 Å². The molecule has 4 nitrogen and oxygen atoms in total. The summed E-state index contributed by atoms with van der Waals surface area (Å²) in [4.78, 5) is 18.0. The van der Waals surface area contributed by atoms with Gasteiger partial charge in [0.1, 0.15) is 5.82 Å². The van der Waals surface area contributed by atoms with Crippen molar-refractivity contribution in [2.75, 3.05) is 23.0 Å². The van der Waals surface area contributed by atoms with Crippen molar-refractivity contribution in [3.05, 3.63) is 35.9 Å². The highest BCUT2D eigenvalue weighted by Crippen LogP contribution is 2.29. The number of benzene rings is 1. The minimum absolute atomic E-state index is 0.0219. The Bertz CT molecular complexity index is 674. The highest BCUT2D eigenvalue weighted by Gasteiger charge is 2.27. The lowest BCUT2D eigenvalue weighted by atomic mass is 10.1. The molecule has 0 spiro atoms. The molecule has 0 saturated carbocycles. The van der Waals surface area contributed by atoms with Crippen molar-refractivity contribution in [2.45, 2.75) is 19.4 Å². The number of aromatic nitrogens is 1. The minimum atomic E-state index is -0.744. The minimum Gasteiger partial charge on any atom is -0.481 e. The van der Waals surface area contributed by atoms with Crippen molar-refractivity contribution in [1.29, 1.82) is 0 Å². The van der Waals surface area contributed by atoms with Crippen molar-refractivity contribution >= 4 is 34.5 Å². The fraction of sp³-hybridized carbons (Fsp3) is 0.375. The Morgan fingerprint density at radius 1 is 1.48 bits per heavy atom. The lowest BCUT2D eigenvalue weighted by Gasteiger charge is -2.36. The van der Waals surface area contributed by atoms with Gasteiger partial charge in [0.15, 0.2) is 0 Å². The number of nitrogens with zero attached hydrogens (tertiary/aromatic N) is 2. The summed E-state index contributed by atoms with van der Waals surface area (Å²) < 4.78 is 0. The number of rotatable bonds is 3. The van der Waals surface area contributed by atoms with Gasteiger partial charge in [0, 0.05) is 29.5 Å². The lowest BCUT2D eigenvalue weighted by molar-refractivity contribution is -0.137. The SMILES string of the molecule is Cc1cc2ccccc2nc1N1CCSCC1CC(=O)O. The maximum Gasteiger partial charge on any atom is 0.305 e. The number of para-hydroxylation sites is 1. The molecule has 1 unspecified atom stereocenters. The van der Waals surface area contributed by atoms with Gasteiger partial charge in [-0.15, -0.1) is 0 Å². The highest BCUT2D eigenvalue weighted by atomic mass is 32.2. The summed E-state index contributed by atoms with van der Waals surface area (Å²) in [6.45, 7) is 2.91. The average Bonchev–Trinajstić information content (AvgIpc) is 2.47. The summed E-state index contributed by atoms with van der Waals surface area (Å²) in [5.41, 5.74) is 2.07. The lowest BCUT2D eigenvalue weighted by Crippen LogP contribution is -2.44. The number of aliphatic carboxylic acids is 1. The maximum absolute atomic E-state index is 11.1. The molecular formula is C16H18N2O2S. The van der Waals surface area contributed by atoms with Gasteiger partial charge in [-0.3, -0.25) is 4.79 Å². The van der Waals surface area contributed by atoms with Gasteiger partial charge in [0.2, 0.25) is 0 Å². The van der Waals surface area contributed by atoms with Crippen LogP contribution >= 0.6 is 11.8 Å². The van der Waals surface area contributed by atoms with Crippen LogP contribution in [0.15, 0.2) is 30.3 Å². The van der Waals surface area contributed by atoms with E-state index in [1.165, 1.54) is 0 Å². The third-order valence-electron chi connectivity index (χ3n) is 3.80. The van der Waals surface area contributed by atoms with Crippen LogP contribution in [0.1, 0.15) is 12.0 Å². The molecule has 0 amide bonds. The molecule has 0 radical (unpaired) electrons. The standard InChI is InChI=1S/C16H18N2O2S/c1-11-8-12-4-2-3-5-14(12)17-16(11)18-6-7-21-10-13(18)9-15(19)20/h2-5,8,13H,6-7,9-10H2,1H3,(H,19,20). The van der Waals surface area contributed by atoms with Gasteiger partial charge in [-0.2, -0.15) is 11.8 Å². The largest absolute Gasteiger partial charge is 0.481 e. The van der Waals surface area contributed by atoms with Crippen molar-refractivity contribution in [3.63, 3.8) is 0 Å². The average molecular weight is 302 g/mol. The molecule has 110 valence electrons. The molecule has 2 heterocycles. The predicted octanol–water partition coefficient (Wildman–Crippen LogP) is 2.94. The molecular weight excluding hydrogens is 284 g/mol. The Morgan fingerprint density at radius 3 is 3.10 bits per heavy atom. The summed E-state index contributed by atoms with van der Waals surface area (Å²) >= 11 is 1.82. The topological polar surface area (TPSA) is 53.4 Å². The van der Waals surface area contributed by atoms with E-state index in [1.54, 1.807) is 0 Å². The number of thioether (sulfide) groups is 1. The number of carbonyl (C=O) groups is 1. The van der Waals surface area contributed by atoms with E-state index in [-0.39, 0.29) is 12.5 Å². The summed E-state index contributed by atoms with van der Waals surface area (Å²) in [6.07, 6.45) is 0.168. The Kier molecular flexibility index (Phi) is 4.01. The number of aryl methyl sites for hydroxylation is 1. The van der Waals surface area contributed by atoms with Crippen LogP contribution in [-0.2, 0) is 4.79 Å². The zero-order valence-electron chi connectivity index (χ0n) is 12.0. The van der Waals surface area contributed by atoms with Crippen molar-refractivity contribution < 1.29 is 9.90 Å². The fourth-order valence-corrected chi connectivity index (χ4v) is 3.87. The quantitative estimate of drug-likeness (QED) is 0.944. The number of pyridine rings is 1. The van der Waals surface area contributed by atoms with Gasteiger partial charge in [-0.1, -0.05) is 18.2 Å². The molecule has 5 heteroatoms. The highest BCUT2D eigenvalue weighted by molar-refractivity contribution is 7.99. The fourth-order valence-electron chi connectivity index (χ4n) is 2.81. The Hall–Kier alpha value is -1.75. The van der Waals surface area contributed by atoms with Gasteiger partial charge in [0.25, 0.3) is 0 Å². The number of hydrogen-bond donors (Lipinski definition) is 1. The molecule has 2 aromatic rings.